The summed E-state index contributed by atoms with van der Waals surface area (Å²) in [6, 6.07) is 4.50. The molecular formula is C16H24N2OS. The Labute approximate surface area is 125 Å². The minimum Gasteiger partial charge on any atom is -0.318 e. The summed E-state index contributed by atoms with van der Waals surface area (Å²) in [5, 5.41) is 5.65. The molecule has 2 heterocycles. The number of hydrogen-bond acceptors (Lipinski definition) is 3. The van der Waals surface area contributed by atoms with Gasteiger partial charge in [0.05, 0.1) is 6.04 Å². The molecule has 0 aromatic carbocycles. The Morgan fingerprint density at radius 3 is 2.70 bits per heavy atom. The molecule has 0 bridgehead atoms. The Morgan fingerprint density at radius 2 is 2.15 bits per heavy atom. The average molecular weight is 292 g/mol. The molecule has 3 rings (SSSR count). The van der Waals surface area contributed by atoms with E-state index >= 15 is 0 Å². The zero-order valence-electron chi connectivity index (χ0n) is 12.5. The molecule has 1 aromatic rings. The van der Waals surface area contributed by atoms with E-state index in [1.807, 2.05) is 0 Å². The Balaban J connectivity index is 1.83. The molecule has 2 aliphatic rings. The Morgan fingerprint density at radius 1 is 1.40 bits per heavy atom. The van der Waals surface area contributed by atoms with Gasteiger partial charge in [0.2, 0.25) is 5.91 Å². The van der Waals surface area contributed by atoms with Crippen molar-refractivity contribution in [2.75, 3.05) is 0 Å². The third-order valence-electron chi connectivity index (χ3n) is 4.46. The molecule has 3 atom stereocenters. The van der Waals surface area contributed by atoms with Gasteiger partial charge in [0, 0.05) is 10.9 Å². The summed E-state index contributed by atoms with van der Waals surface area (Å²) in [6.45, 7) is 6.45. The van der Waals surface area contributed by atoms with E-state index in [4.69, 9.17) is 0 Å². The lowest BCUT2D eigenvalue weighted by Crippen LogP contribution is -2.39. The van der Waals surface area contributed by atoms with Crippen LogP contribution < -0.4 is 5.32 Å². The number of amides is 1. The minimum absolute atomic E-state index is 0.0382. The summed E-state index contributed by atoms with van der Waals surface area (Å²) in [7, 11) is 0. The third-order valence-corrected chi connectivity index (χ3v) is 5.39. The summed E-state index contributed by atoms with van der Waals surface area (Å²) in [5.41, 5.74) is 0. The molecule has 1 aliphatic carbocycles. The van der Waals surface area contributed by atoms with Gasteiger partial charge in [-0.05, 0) is 36.6 Å². The van der Waals surface area contributed by atoms with Crippen LogP contribution in [0.4, 0.5) is 0 Å². The first-order valence-corrected chi connectivity index (χ1v) is 8.57. The Hall–Kier alpha value is -0.870. The van der Waals surface area contributed by atoms with Crippen LogP contribution in [0.1, 0.15) is 51.1 Å². The fraction of sp³-hybridized carbons (Fsp3) is 0.688. The Bertz CT molecular complexity index is 467. The van der Waals surface area contributed by atoms with Gasteiger partial charge >= 0.3 is 0 Å². The van der Waals surface area contributed by atoms with Gasteiger partial charge in [-0.25, -0.2) is 0 Å². The second-order valence-electron chi connectivity index (χ2n) is 6.58. The highest BCUT2D eigenvalue weighted by molar-refractivity contribution is 7.10. The van der Waals surface area contributed by atoms with Gasteiger partial charge in [0.25, 0.3) is 0 Å². The standard InChI is InChI=1S/C16H24N2OS/c1-10(2)14-16(19)18(11(3)9-12-6-7-12)15(17-14)13-5-4-8-20-13/h4-5,8,10-12,14-15,17H,6-7,9H2,1-3H3. The molecule has 3 nitrogen and oxygen atoms in total. The fourth-order valence-corrected chi connectivity index (χ4v) is 3.96. The highest BCUT2D eigenvalue weighted by atomic mass is 32.1. The fourth-order valence-electron chi connectivity index (χ4n) is 3.17. The third kappa shape index (κ3) is 2.63. The molecule has 1 aliphatic heterocycles. The maximum Gasteiger partial charge on any atom is 0.241 e. The van der Waals surface area contributed by atoms with Crippen molar-refractivity contribution in [3.05, 3.63) is 22.4 Å². The van der Waals surface area contributed by atoms with Gasteiger partial charge in [-0.2, -0.15) is 0 Å². The number of hydrogen-bond donors (Lipinski definition) is 1. The van der Waals surface area contributed by atoms with Crippen molar-refractivity contribution in [1.29, 1.82) is 0 Å². The van der Waals surface area contributed by atoms with Crippen LogP contribution in [-0.2, 0) is 4.79 Å². The summed E-state index contributed by atoms with van der Waals surface area (Å²) < 4.78 is 0. The molecule has 1 aromatic heterocycles. The lowest BCUT2D eigenvalue weighted by atomic mass is 10.0. The first kappa shape index (κ1) is 14.1. The van der Waals surface area contributed by atoms with Crippen LogP contribution >= 0.6 is 11.3 Å². The first-order valence-electron chi connectivity index (χ1n) is 7.69. The molecule has 1 N–H and O–H groups in total. The largest absolute Gasteiger partial charge is 0.318 e. The number of thiophene rings is 1. The van der Waals surface area contributed by atoms with Gasteiger partial charge < -0.3 is 4.90 Å². The average Bonchev–Trinajstić information content (AvgIpc) is 2.92. The number of carbonyl (C=O) groups excluding carboxylic acids is 1. The number of carbonyl (C=O) groups is 1. The predicted molar refractivity (Wildman–Crippen MR) is 82.5 cm³/mol. The lowest BCUT2D eigenvalue weighted by molar-refractivity contribution is -0.132. The number of nitrogens with zero attached hydrogens (tertiary/aromatic N) is 1. The van der Waals surface area contributed by atoms with Gasteiger partial charge in [-0.3, -0.25) is 10.1 Å². The molecule has 2 fully saturated rings. The number of rotatable bonds is 5. The smallest absolute Gasteiger partial charge is 0.241 e. The molecule has 1 saturated carbocycles. The molecule has 1 saturated heterocycles. The van der Waals surface area contributed by atoms with E-state index in [9.17, 15) is 4.79 Å². The van der Waals surface area contributed by atoms with Crippen molar-refractivity contribution < 1.29 is 4.79 Å². The molecule has 110 valence electrons. The van der Waals surface area contributed by atoms with E-state index in [0.29, 0.717) is 12.0 Å². The van der Waals surface area contributed by atoms with Crippen LogP contribution in [0.15, 0.2) is 17.5 Å². The zero-order chi connectivity index (χ0) is 14.3. The van der Waals surface area contributed by atoms with Crippen LogP contribution in [0.25, 0.3) is 0 Å². The normalized spacial score (nSPS) is 28.4. The lowest BCUT2D eigenvalue weighted by Gasteiger charge is -2.30. The van der Waals surface area contributed by atoms with Crippen LogP contribution in [0.2, 0.25) is 0 Å². The van der Waals surface area contributed by atoms with Gasteiger partial charge in [-0.1, -0.05) is 32.8 Å². The van der Waals surface area contributed by atoms with E-state index in [-0.39, 0.29) is 18.1 Å². The predicted octanol–water partition coefficient (Wildman–Crippen LogP) is 3.39. The van der Waals surface area contributed by atoms with E-state index in [2.05, 4.69) is 48.5 Å². The number of nitrogens with one attached hydrogen (secondary N) is 1. The Kier molecular flexibility index (Phi) is 3.87. The summed E-state index contributed by atoms with van der Waals surface area (Å²) in [5.74, 6) is 1.47. The van der Waals surface area contributed by atoms with Crippen molar-refractivity contribution >= 4 is 17.2 Å². The van der Waals surface area contributed by atoms with Crippen molar-refractivity contribution in [3.63, 3.8) is 0 Å². The first-order chi connectivity index (χ1) is 9.58. The van der Waals surface area contributed by atoms with Crippen LogP contribution in [0.3, 0.4) is 0 Å². The zero-order valence-corrected chi connectivity index (χ0v) is 13.3. The SMILES string of the molecule is CC(C)C1NC(c2cccs2)N(C(C)CC2CC2)C1=O. The molecule has 1 amide bonds. The van der Waals surface area contributed by atoms with E-state index in [1.165, 1.54) is 17.7 Å². The van der Waals surface area contributed by atoms with Gasteiger partial charge in [-0.15, -0.1) is 11.3 Å². The minimum atomic E-state index is -0.0382. The molecule has 0 radical (unpaired) electrons. The van der Waals surface area contributed by atoms with Crippen LogP contribution in [-0.4, -0.2) is 22.9 Å². The second kappa shape index (κ2) is 5.49. The van der Waals surface area contributed by atoms with E-state index in [0.717, 1.165) is 12.3 Å². The van der Waals surface area contributed by atoms with Crippen molar-refractivity contribution in [3.8, 4) is 0 Å². The van der Waals surface area contributed by atoms with Gasteiger partial charge in [0.15, 0.2) is 0 Å². The monoisotopic (exact) mass is 292 g/mol. The molecular weight excluding hydrogens is 268 g/mol. The van der Waals surface area contributed by atoms with Crippen molar-refractivity contribution in [1.82, 2.24) is 10.2 Å². The van der Waals surface area contributed by atoms with E-state index < -0.39 is 0 Å². The van der Waals surface area contributed by atoms with Crippen molar-refractivity contribution in [2.24, 2.45) is 11.8 Å². The quantitative estimate of drug-likeness (QED) is 0.902. The van der Waals surface area contributed by atoms with Crippen LogP contribution in [0, 0.1) is 11.8 Å². The summed E-state index contributed by atoms with van der Waals surface area (Å²) >= 11 is 1.74. The van der Waals surface area contributed by atoms with Crippen molar-refractivity contribution in [2.45, 2.75) is 58.3 Å². The second-order valence-corrected chi connectivity index (χ2v) is 7.56. The summed E-state index contributed by atoms with van der Waals surface area (Å²) in [6.07, 6.45) is 3.91. The molecule has 20 heavy (non-hydrogen) atoms. The summed E-state index contributed by atoms with van der Waals surface area (Å²) in [4.78, 5) is 16.1. The molecule has 4 heteroatoms. The maximum absolute atomic E-state index is 12.8. The molecule has 3 unspecified atom stereocenters. The van der Waals surface area contributed by atoms with Gasteiger partial charge in [0.1, 0.15) is 6.17 Å². The maximum atomic E-state index is 12.8. The van der Waals surface area contributed by atoms with Crippen LogP contribution in [0.5, 0.6) is 0 Å². The topological polar surface area (TPSA) is 32.3 Å². The molecule has 0 spiro atoms. The van der Waals surface area contributed by atoms with E-state index in [1.54, 1.807) is 11.3 Å². The highest BCUT2D eigenvalue weighted by Gasteiger charge is 2.44. The highest BCUT2D eigenvalue weighted by Crippen LogP contribution is 2.38.